The average Bonchev–Trinajstić information content (AvgIpc) is 2.87. The fourth-order valence-electron chi connectivity index (χ4n) is 2.57. The van der Waals surface area contributed by atoms with Gasteiger partial charge in [-0.1, -0.05) is 0 Å². The van der Waals surface area contributed by atoms with Crippen LogP contribution in [-0.4, -0.2) is 47.2 Å². The molecule has 0 spiro atoms. The van der Waals surface area contributed by atoms with E-state index in [2.05, 4.69) is 27.0 Å². The van der Waals surface area contributed by atoms with E-state index in [0.717, 1.165) is 49.4 Å². The molecule has 1 aliphatic rings. The highest BCUT2D eigenvalue weighted by Crippen LogP contribution is 2.14. The monoisotopic (exact) mass is 260 g/mol. The largest absolute Gasteiger partial charge is 0.376 e. The topological polar surface area (TPSA) is 67.2 Å². The Morgan fingerprint density at radius 2 is 2.37 bits per heavy atom. The number of nitrogens with two attached hydrogens (primary N) is 1. The van der Waals surface area contributed by atoms with Gasteiger partial charge in [0.15, 0.2) is 0 Å². The zero-order chi connectivity index (χ0) is 13.1. The van der Waals surface area contributed by atoms with Gasteiger partial charge in [0.2, 0.25) is 0 Å². The maximum atomic E-state index is 5.70. The molecule has 0 aromatic carbocycles. The van der Waals surface area contributed by atoms with E-state index in [0.29, 0.717) is 6.54 Å². The summed E-state index contributed by atoms with van der Waals surface area (Å²) in [5, 5.41) is 1.16. The molecule has 2 aromatic heterocycles. The first-order valence-electron chi connectivity index (χ1n) is 6.82. The van der Waals surface area contributed by atoms with Crippen molar-refractivity contribution in [1.29, 1.82) is 0 Å². The Balaban J connectivity index is 1.66. The van der Waals surface area contributed by atoms with Crippen LogP contribution in [0.5, 0.6) is 0 Å². The normalized spacial score (nSPS) is 21.0. The molecule has 1 aliphatic heterocycles. The number of nitrogens with zero attached hydrogens (tertiary/aromatic N) is 2. The van der Waals surface area contributed by atoms with Gasteiger partial charge in [0, 0.05) is 31.2 Å². The van der Waals surface area contributed by atoms with Crippen LogP contribution in [0, 0.1) is 0 Å². The van der Waals surface area contributed by atoms with Crippen molar-refractivity contribution in [3.05, 3.63) is 30.1 Å². The summed E-state index contributed by atoms with van der Waals surface area (Å²) in [5.41, 5.74) is 7.66. The third kappa shape index (κ3) is 2.94. The molecule has 3 rings (SSSR count). The van der Waals surface area contributed by atoms with Gasteiger partial charge in [-0.15, -0.1) is 0 Å². The first-order valence-corrected chi connectivity index (χ1v) is 6.82. The van der Waals surface area contributed by atoms with Crippen LogP contribution in [0.25, 0.3) is 11.0 Å². The van der Waals surface area contributed by atoms with E-state index in [1.165, 1.54) is 0 Å². The molecule has 19 heavy (non-hydrogen) atoms. The molecule has 1 saturated heterocycles. The van der Waals surface area contributed by atoms with Crippen LogP contribution in [0.2, 0.25) is 0 Å². The van der Waals surface area contributed by atoms with Gasteiger partial charge in [-0.2, -0.15) is 0 Å². The van der Waals surface area contributed by atoms with Crippen molar-refractivity contribution < 1.29 is 4.74 Å². The molecular formula is C14H20N4O. The zero-order valence-electron chi connectivity index (χ0n) is 11.0. The van der Waals surface area contributed by atoms with E-state index in [9.17, 15) is 0 Å². The Labute approximate surface area is 112 Å². The highest BCUT2D eigenvalue weighted by atomic mass is 16.5. The molecule has 0 amide bonds. The van der Waals surface area contributed by atoms with E-state index in [-0.39, 0.29) is 6.10 Å². The van der Waals surface area contributed by atoms with Crippen molar-refractivity contribution in [3.8, 4) is 0 Å². The van der Waals surface area contributed by atoms with Crippen LogP contribution in [0.1, 0.15) is 12.1 Å². The standard InChI is InChI=1S/C14H20N4O/c15-5-3-13-10-18(7-8-19-13)9-12-2-1-11-4-6-16-14(11)17-12/h1-2,4,6,13H,3,5,7-10,15H2,(H,16,17)/t13-/m0/s1. The van der Waals surface area contributed by atoms with Gasteiger partial charge in [0.1, 0.15) is 5.65 Å². The van der Waals surface area contributed by atoms with Crippen molar-refractivity contribution in [2.24, 2.45) is 5.73 Å². The van der Waals surface area contributed by atoms with Crippen molar-refractivity contribution in [2.45, 2.75) is 19.1 Å². The third-order valence-electron chi connectivity index (χ3n) is 3.56. The van der Waals surface area contributed by atoms with Gasteiger partial charge in [-0.05, 0) is 31.2 Å². The SMILES string of the molecule is NCC[C@H]1CN(Cc2ccc3cc[nH]c3n2)CCO1. The van der Waals surface area contributed by atoms with E-state index in [1.807, 2.05) is 12.3 Å². The molecule has 5 heteroatoms. The molecule has 3 heterocycles. The minimum atomic E-state index is 0.271. The molecule has 1 fully saturated rings. The predicted molar refractivity (Wildman–Crippen MR) is 74.8 cm³/mol. The first kappa shape index (κ1) is 12.6. The lowest BCUT2D eigenvalue weighted by Crippen LogP contribution is -2.42. The van der Waals surface area contributed by atoms with Crippen LogP contribution in [0.15, 0.2) is 24.4 Å². The van der Waals surface area contributed by atoms with Crippen LogP contribution in [-0.2, 0) is 11.3 Å². The second-order valence-electron chi connectivity index (χ2n) is 5.02. The molecule has 0 unspecified atom stereocenters. The fourth-order valence-corrected chi connectivity index (χ4v) is 2.57. The summed E-state index contributed by atoms with van der Waals surface area (Å²) in [6.45, 7) is 4.26. The smallest absolute Gasteiger partial charge is 0.137 e. The summed E-state index contributed by atoms with van der Waals surface area (Å²) in [4.78, 5) is 10.2. The fraction of sp³-hybridized carbons (Fsp3) is 0.500. The van der Waals surface area contributed by atoms with Crippen LogP contribution in [0.3, 0.4) is 0 Å². The molecule has 1 atom stereocenters. The lowest BCUT2D eigenvalue weighted by atomic mass is 10.2. The summed E-state index contributed by atoms with van der Waals surface area (Å²) in [7, 11) is 0. The zero-order valence-corrected chi connectivity index (χ0v) is 11.0. The summed E-state index contributed by atoms with van der Waals surface area (Å²) in [5.74, 6) is 0. The Kier molecular flexibility index (Phi) is 3.77. The van der Waals surface area contributed by atoms with E-state index in [1.54, 1.807) is 0 Å². The van der Waals surface area contributed by atoms with Gasteiger partial charge in [0.25, 0.3) is 0 Å². The quantitative estimate of drug-likeness (QED) is 0.864. The maximum absolute atomic E-state index is 5.70. The van der Waals surface area contributed by atoms with Crippen molar-refractivity contribution in [3.63, 3.8) is 0 Å². The minimum Gasteiger partial charge on any atom is -0.376 e. The maximum Gasteiger partial charge on any atom is 0.137 e. The Hall–Kier alpha value is -1.43. The van der Waals surface area contributed by atoms with Gasteiger partial charge in [-0.25, -0.2) is 4.98 Å². The lowest BCUT2D eigenvalue weighted by molar-refractivity contribution is -0.0338. The summed E-state index contributed by atoms with van der Waals surface area (Å²) >= 11 is 0. The summed E-state index contributed by atoms with van der Waals surface area (Å²) < 4.78 is 5.70. The number of aromatic amines is 1. The summed E-state index contributed by atoms with van der Waals surface area (Å²) in [6.07, 6.45) is 3.13. The molecule has 102 valence electrons. The van der Waals surface area contributed by atoms with Crippen LogP contribution < -0.4 is 5.73 Å². The number of hydrogen-bond acceptors (Lipinski definition) is 4. The van der Waals surface area contributed by atoms with Crippen molar-refractivity contribution in [2.75, 3.05) is 26.2 Å². The highest BCUT2D eigenvalue weighted by molar-refractivity contribution is 5.75. The second kappa shape index (κ2) is 5.69. The third-order valence-corrected chi connectivity index (χ3v) is 3.56. The molecule has 5 nitrogen and oxygen atoms in total. The summed E-state index contributed by atoms with van der Waals surface area (Å²) in [6, 6.07) is 6.26. The molecular weight excluding hydrogens is 240 g/mol. The number of rotatable bonds is 4. The molecule has 0 aliphatic carbocycles. The van der Waals surface area contributed by atoms with E-state index >= 15 is 0 Å². The molecule has 0 saturated carbocycles. The van der Waals surface area contributed by atoms with Gasteiger partial charge in [-0.3, -0.25) is 4.90 Å². The highest BCUT2D eigenvalue weighted by Gasteiger charge is 2.20. The average molecular weight is 260 g/mol. The number of fused-ring (bicyclic) bond motifs is 1. The number of nitrogens with one attached hydrogen (secondary N) is 1. The second-order valence-corrected chi connectivity index (χ2v) is 5.02. The first-order chi connectivity index (χ1) is 9.35. The molecule has 0 bridgehead atoms. The van der Waals surface area contributed by atoms with Gasteiger partial charge >= 0.3 is 0 Å². The number of aromatic nitrogens is 2. The number of H-pyrrole nitrogens is 1. The lowest BCUT2D eigenvalue weighted by Gasteiger charge is -2.32. The number of pyridine rings is 1. The van der Waals surface area contributed by atoms with Crippen LogP contribution >= 0.6 is 0 Å². The Bertz CT molecular complexity index is 537. The predicted octanol–water partition coefficient (Wildman–Crippen LogP) is 1.11. The Morgan fingerprint density at radius 1 is 1.42 bits per heavy atom. The molecule has 2 aromatic rings. The minimum absolute atomic E-state index is 0.271. The molecule has 0 radical (unpaired) electrons. The number of hydrogen-bond donors (Lipinski definition) is 2. The molecule has 3 N–H and O–H groups in total. The van der Waals surface area contributed by atoms with Crippen molar-refractivity contribution in [1.82, 2.24) is 14.9 Å². The van der Waals surface area contributed by atoms with E-state index in [4.69, 9.17) is 10.5 Å². The number of morpholine rings is 1. The van der Waals surface area contributed by atoms with Crippen LogP contribution in [0.4, 0.5) is 0 Å². The van der Waals surface area contributed by atoms with Crippen molar-refractivity contribution >= 4 is 11.0 Å². The number of ether oxygens (including phenoxy) is 1. The van der Waals surface area contributed by atoms with Gasteiger partial charge in [0.05, 0.1) is 18.4 Å². The van der Waals surface area contributed by atoms with E-state index < -0.39 is 0 Å². The Morgan fingerprint density at radius 3 is 3.26 bits per heavy atom. The van der Waals surface area contributed by atoms with Gasteiger partial charge < -0.3 is 15.5 Å².